The number of hydrogen-bond donors (Lipinski definition) is 2. The lowest BCUT2D eigenvalue weighted by atomic mass is 10.1. The SMILES string of the molecule is CCc1cccnc1CNCc1cc(F)c(O)c(F)c1. The molecule has 0 aliphatic carbocycles. The summed E-state index contributed by atoms with van der Waals surface area (Å²) >= 11 is 0. The number of pyridine rings is 1. The maximum atomic E-state index is 13.2. The minimum atomic E-state index is -0.950. The average molecular weight is 278 g/mol. The van der Waals surface area contributed by atoms with Gasteiger partial charge in [-0.1, -0.05) is 13.0 Å². The van der Waals surface area contributed by atoms with Crippen LogP contribution in [0.25, 0.3) is 0 Å². The monoisotopic (exact) mass is 278 g/mol. The molecule has 2 aromatic rings. The Hall–Kier alpha value is -2.01. The summed E-state index contributed by atoms with van der Waals surface area (Å²) in [7, 11) is 0. The van der Waals surface area contributed by atoms with E-state index >= 15 is 0 Å². The fourth-order valence-electron chi connectivity index (χ4n) is 2.00. The van der Waals surface area contributed by atoms with Crippen LogP contribution in [0.2, 0.25) is 0 Å². The lowest BCUT2D eigenvalue weighted by Crippen LogP contribution is -2.15. The van der Waals surface area contributed by atoms with Gasteiger partial charge in [-0.25, -0.2) is 8.78 Å². The summed E-state index contributed by atoms with van der Waals surface area (Å²) in [6, 6.07) is 6.12. The van der Waals surface area contributed by atoms with Gasteiger partial charge in [-0.2, -0.15) is 0 Å². The van der Waals surface area contributed by atoms with Crippen LogP contribution in [0.15, 0.2) is 30.5 Å². The molecule has 5 heteroatoms. The number of hydrogen-bond acceptors (Lipinski definition) is 3. The highest BCUT2D eigenvalue weighted by atomic mass is 19.1. The third-order valence-electron chi connectivity index (χ3n) is 3.06. The van der Waals surface area contributed by atoms with Crippen molar-refractivity contribution >= 4 is 0 Å². The van der Waals surface area contributed by atoms with Crippen LogP contribution in [-0.2, 0) is 19.5 Å². The molecule has 0 aliphatic rings. The van der Waals surface area contributed by atoms with E-state index in [1.54, 1.807) is 6.20 Å². The summed E-state index contributed by atoms with van der Waals surface area (Å²) in [5, 5.41) is 12.1. The molecule has 0 atom stereocenters. The quantitative estimate of drug-likeness (QED) is 0.884. The maximum absolute atomic E-state index is 13.2. The van der Waals surface area contributed by atoms with E-state index in [1.807, 2.05) is 19.1 Å². The number of rotatable bonds is 5. The molecular weight excluding hydrogens is 262 g/mol. The normalized spacial score (nSPS) is 10.8. The summed E-state index contributed by atoms with van der Waals surface area (Å²) in [5.41, 5.74) is 2.50. The Balaban J connectivity index is 1.99. The maximum Gasteiger partial charge on any atom is 0.187 e. The number of phenols is 1. The Morgan fingerprint density at radius 3 is 2.55 bits per heavy atom. The zero-order valence-corrected chi connectivity index (χ0v) is 11.2. The van der Waals surface area contributed by atoms with E-state index in [0.29, 0.717) is 18.7 Å². The second-order valence-corrected chi connectivity index (χ2v) is 4.47. The van der Waals surface area contributed by atoms with E-state index < -0.39 is 17.4 Å². The van der Waals surface area contributed by atoms with Gasteiger partial charge in [0, 0.05) is 19.3 Å². The Kier molecular flexibility index (Phi) is 4.63. The first-order valence-corrected chi connectivity index (χ1v) is 6.42. The van der Waals surface area contributed by atoms with Crippen molar-refractivity contribution in [3.8, 4) is 5.75 Å². The molecule has 0 amide bonds. The number of aromatic hydroxyl groups is 1. The molecule has 3 nitrogen and oxygen atoms in total. The third kappa shape index (κ3) is 3.30. The topological polar surface area (TPSA) is 45.2 Å². The van der Waals surface area contributed by atoms with Crippen molar-refractivity contribution in [3.63, 3.8) is 0 Å². The second kappa shape index (κ2) is 6.43. The fraction of sp³-hybridized carbons (Fsp3) is 0.267. The molecule has 1 aromatic heterocycles. The first-order chi connectivity index (χ1) is 9.61. The highest BCUT2D eigenvalue weighted by molar-refractivity contribution is 5.30. The zero-order chi connectivity index (χ0) is 14.5. The van der Waals surface area contributed by atoms with Crippen molar-refractivity contribution in [2.45, 2.75) is 26.4 Å². The van der Waals surface area contributed by atoms with Gasteiger partial charge in [-0.15, -0.1) is 0 Å². The molecule has 0 saturated carbocycles. The van der Waals surface area contributed by atoms with Crippen LogP contribution in [0.5, 0.6) is 5.75 Å². The molecule has 1 aromatic carbocycles. The van der Waals surface area contributed by atoms with Gasteiger partial charge >= 0.3 is 0 Å². The Morgan fingerprint density at radius 2 is 1.90 bits per heavy atom. The molecule has 0 unspecified atom stereocenters. The van der Waals surface area contributed by atoms with Crippen LogP contribution in [0.3, 0.4) is 0 Å². The minimum Gasteiger partial charge on any atom is -0.503 e. The Labute approximate surface area is 116 Å². The average Bonchev–Trinajstić information content (AvgIpc) is 2.45. The van der Waals surface area contributed by atoms with Gasteiger partial charge < -0.3 is 10.4 Å². The Bertz CT molecular complexity index is 579. The standard InChI is InChI=1S/C15H16F2N2O/c1-2-11-4-3-5-19-14(11)9-18-8-10-6-12(16)15(20)13(17)7-10/h3-7,18,20H,2,8-9H2,1H3. The van der Waals surface area contributed by atoms with E-state index in [4.69, 9.17) is 5.11 Å². The predicted octanol–water partition coefficient (Wildman–Crippen LogP) is 2.92. The molecule has 0 bridgehead atoms. The fourth-order valence-corrected chi connectivity index (χ4v) is 2.00. The number of halogens is 2. The molecule has 0 radical (unpaired) electrons. The van der Waals surface area contributed by atoms with Crippen molar-refractivity contribution in [1.82, 2.24) is 10.3 Å². The van der Waals surface area contributed by atoms with Crippen LogP contribution in [0.1, 0.15) is 23.7 Å². The molecule has 2 N–H and O–H groups in total. The summed E-state index contributed by atoms with van der Waals surface area (Å²) in [6.07, 6.45) is 2.60. The third-order valence-corrected chi connectivity index (χ3v) is 3.06. The van der Waals surface area contributed by atoms with Crippen molar-refractivity contribution in [2.75, 3.05) is 0 Å². The number of benzene rings is 1. The number of nitrogens with one attached hydrogen (secondary N) is 1. The molecule has 106 valence electrons. The first kappa shape index (κ1) is 14.4. The highest BCUT2D eigenvalue weighted by Gasteiger charge is 2.09. The van der Waals surface area contributed by atoms with Crippen LogP contribution < -0.4 is 5.32 Å². The Morgan fingerprint density at radius 1 is 1.20 bits per heavy atom. The molecule has 2 rings (SSSR count). The minimum absolute atomic E-state index is 0.299. The summed E-state index contributed by atoms with van der Waals surface area (Å²) in [4.78, 5) is 4.28. The summed E-state index contributed by atoms with van der Waals surface area (Å²) < 4.78 is 26.4. The summed E-state index contributed by atoms with van der Waals surface area (Å²) in [5.74, 6) is -2.84. The van der Waals surface area contributed by atoms with Crippen LogP contribution in [-0.4, -0.2) is 10.1 Å². The van der Waals surface area contributed by atoms with E-state index in [0.717, 1.165) is 29.8 Å². The van der Waals surface area contributed by atoms with E-state index in [-0.39, 0.29) is 0 Å². The first-order valence-electron chi connectivity index (χ1n) is 6.42. The zero-order valence-electron chi connectivity index (χ0n) is 11.2. The largest absolute Gasteiger partial charge is 0.503 e. The van der Waals surface area contributed by atoms with Gasteiger partial charge in [0.05, 0.1) is 5.69 Å². The molecule has 0 saturated heterocycles. The van der Waals surface area contributed by atoms with Gasteiger partial charge in [-0.3, -0.25) is 4.98 Å². The molecule has 0 fully saturated rings. The van der Waals surface area contributed by atoms with Crippen molar-refractivity contribution in [3.05, 3.63) is 58.9 Å². The second-order valence-electron chi connectivity index (χ2n) is 4.47. The van der Waals surface area contributed by atoms with Crippen LogP contribution in [0, 0.1) is 11.6 Å². The van der Waals surface area contributed by atoms with Crippen LogP contribution >= 0.6 is 0 Å². The number of nitrogens with zero attached hydrogens (tertiary/aromatic N) is 1. The number of aryl methyl sites for hydroxylation is 1. The van der Waals surface area contributed by atoms with Crippen molar-refractivity contribution in [2.24, 2.45) is 0 Å². The van der Waals surface area contributed by atoms with E-state index in [2.05, 4.69) is 10.3 Å². The van der Waals surface area contributed by atoms with Crippen molar-refractivity contribution < 1.29 is 13.9 Å². The molecular formula is C15H16F2N2O. The lowest BCUT2D eigenvalue weighted by molar-refractivity contribution is 0.395. The van der Waals surface area contributed by atoms with Gasteiger partial charge in [0.1, 0.15) is 0 Å². The number of aromatic nitrogens is 1. The number of phenolic OH excluding ortho intramolecular Hbond substituents is 1. The van der Waals surface area contributed by atoms with E-state index in [1.165, 1.54) is 0 Å². The molecule has 20 heavy (non-hydrogen) atoms. The van der Waals surface area contributed by atoms with E-state index in [9.17, 15) is 8.78 Å². The highest BCUT2D eigenvalue weighted by Crippen LogP contribution is 2.21. The van der Waals surface area contributed by atoms with Gasteiger partial charge in [0.25, 0.3) is 0 Å². The smallest absolute Gasteiger partial charge is 0.187 e. The van der Waals surface area contributed by atoms with Crippen molar-refractivity contribution in [1.29, 1.82) is 0 Å². The molecule has 0 spiro atoms. The molecule has 1 heterocycles. The van der Waals surface area contributed by atoms with Gasteiger partial charge in [0.2, 0.25) is 0 Å². The van der Waals surface area contributed by atoms with Gasteiger partial charge in [0.15, 0.2) is 17.4 Å². The summed E-state index contributed by atoms with van der Waals surface area (Å²) in [6.45, 7) is 2.87. The van der Waals surface area contributed by atoms with Crippen LogP contribution in [0.4, 0.5) is 8.78 Å². The van der Waals surface area contributed by atoms with Gasteiger partial charge in [-0.05, 0) is 35.7 Å². The lowest BCUT2D eigenvalue weighted by Gasteiger charge is -2.09. The molecule has 0 aliphatic heterocycles. The predicted molar refractivity (Wildman–Crippen MR) is 72.2 cm³/mol.